The van der Waals surface area contributed by atoms with Crippen LogP contribution in [0.15, 0.2) is 18.2 Å². The molecule has 0 atom stereocenters. The van der Waals surface area contributed by atoms with Gasteiger partial charge in [0.15, 0.2) is 0 Å². The first-order chi connectivity index (χ1) is 8.93. The van der Waals surface area contributed by atoms with Gasteiger partial charge in [-0.05, 0) is 37.4 Å². The molecule has 108 valence electrons. The Bertz CT molecular complexity index is 373. The smallest absolute Gasteiger partial charge is 0.0412 e. The van der Waals surface area contributed by atoms with E-state index >= 15 is 0 Å². The number of hydrogen-bond acceptors (Lipinski definition) is 2. The lowest BCUT2D eigenvalue weighted by Crippen LogP contribution is -2.32. The van der Waals surface area contributed by atoms with Gasteiger partial charge in [0.2, 0.25) is 0 Å². The van der Waals surface area contributed by atoms with Crippen LogP contribution in [0.2, 0.25) is 0 Å². The maximum atomic E-state index is 3.29. The number of rotatable bonds is 7. The van der Waals surface area contributed by atoms with Crippen molar-refractivity contribution in [1.82, 2.24) is 5.32 Å². The van der Waals surface area contributed by atoms with Crippen LogP contribution in [0.25, 0.3) is 0 Å². The molecule has 0 bridgehead atoms. The molecule has 19 heavy (non-hydrogen) atoms. The van der Waals surface area contributed by atoms with E-state index in [0.717, 1.165) is 19.6 Å². The Hall–Kier alpha value is -1.02. The van der Waals surface area contributed by atoms with Crippen molar-refractivity contribution in [2.24, 2.45) is 11.8 Å². The lowest BCUT2D eigenvalue weighted by Gasteiger charge is -2.30. The molecule has 0 heterocycles. The van der Waals surface area contributed by atoms with Crippen LogP contribution in [0.5, 0.6) is 0 Å². The standard InChI is InChI=1S/C17H30N2/c1-13(2)11-19(12-14(3)4)17-8-7-15(5)9-16(17)10-18-6/h7-9,13-14,18H,10-12H2,1-6H3. The van der Waals surface area contributed by atoms with Crippen molar-refractivity contribution in [3.63, 3.8) is 0 Å². The van der Waals surface area contributed by atoms with Crippen LogP contribution in [0.4, 0.5) is 5.69 Å². The highest BCUT2D eigenvalue weighted by molar-refractivity contribution is 5.55. The second-order valence-corrected chi connectivity index (χ2v) is 6.36. The summed E-state index contributed by atoms with van der Waals surface area (Å²) in [4.78, 5) is 2.54. The Morgan fingerprint density at radius 1 is 1.05 bits per heavy atom. The third kappa shape index (κ3) is 5.23. The molecule has 0 radical (unpaired) electrons. The van der Waals surface area contributed by atoms with Gasteiger partial charge in [-0.1, -0.05) is 45.4 Å². The molecule has 2 nitrogen and oxygen atoms in total. The van der Waals surface area contributed by atoms with Crippen LogP contribution in [0.3, 0.4) is 0 Å². The van der Waals surface area contributed by atoms with Gasteiger partial charge in [0.05, 0.1) is 0 Å². The maximum Gasteiger partial charge on any atom is 0.0412 e. The highest BCUT2D eigenvalue weighted by Crippen LogP contribution is 2.24. The highest BCUT2D eigenvalue weighted by atomic mass is 15.1. The molecule has 0 aliphatic carbocycles. The van der Waals surface area contributed by atoms with Gasteiger partial charge in [0, 0.05) is 25.3 Å². The van der Waals surface area contributed by atoms with Crippen LogP contribution in [0, 0.1) is 18.8 Å². The van der Waals surface area contributed by atoms with E-state index in [1.807, 2.05) is 7.05 Å². The maximum absolute atomic E-state index is 3.29. The van der Waals surface area contributed by atoms with Crippen LogP contribution in [0.1, 0.15) is 38.8 Å². The minimum absolute atomic E-state index is 0.683. The van der Waals surface area contributed by atoms with Crippen molar-refractivity contribution in [3.05, 3.63) is 29.3 Å². The number of nitrogens with one attached hydrogen (secondary N) is 1. The molecule has 1 N–H and O–H groups in total. The highest BCUT2D eigenvalue weighted by Gasteiger charge is 2.14. The molecule has 1 rings (SSSR count). The van der Waals surface area contributed by atoms with Gasteiger partial charge in [0.1, 0.15) is 0 Å². The summed E-state index contributed by atoms with van der Waals surface area (Å²) < 4.78 is 0. The molecular weight excluding hydrogens is 232 g/mol. The fourth-order valence-corrected chi connectivity index (χ4v) is 2.51. The molecular formula is C17H30N2. The number of anilines is 1. The van der Waals surface area contributed by atoms with Gasteiger partial charge in [-0.15, -0.1) is 0 Å². The van der Waals surface area contributed by atoms with Gasteiger partial charge < -0.3 is 10.2 Å². The number of benzene rings is 1. The van der Waals surface area contributed by atoms with E-state index in [2.05, 4.69) is 63.0 Å². The molecule has 0 aliphatic heterocycles. The second kappa shape index (κ2) is 7.54. The summed E-state index contributed by atoms with van der Waals surface area (Å²) in [5.74, 6) is 1.37. The summed E-state index contributed by atoms with van der Waals surface area (Å²) in [6, 6.07) is 6.81. The molecule has 0 saturated heterocycles. The second-order valence-electron chi connectivity index (χ2n) is 6.36. The van der Waals surface area contributed by atoms with Crippen molar-refractivity contribution in [2.45, 2.75) is 41.2 Å². The van der Waals surface area contributed by atoms with E-state index in [4.69, 9.17) is 0 Å². The zero-order chi connectivity index (χ0) is 14.4. The fourth-order valence-electron chi connectivity index (χ4n) is 2.51. The molecule has 0 aliphatic rings. The van der Waals surface area contributed by atoms with Crippen molar-refractivity contribution >= 4 is 5.69 Å². The summed E-state index contributed by atoms with van der Waals surface area (Å²) in [6.07, 6.45) is 0. The van der Waals surface area contributed by atoms with Crippen molar-refractivity contribution in [3.8, 4) is 0 Å². The monoisotopic (exact) mass is 262 g/mol. The molecule has 2 heteroatoms. The van der Waals surface area contributed by atoms with Gasteiger partial charge in [0.25, 0.3) is 0 Å². The molecule has 0 fully saturated rings. The van der Waals surface area contributed by atoms with Gasteiger partial charge in [-0.3, -0.25) is 0 Å². The summed E-state index contributed by atoms with van der Waals surface area (Å²) in [6.45, 7) is 14.5. The van der Waals surface area contributed by atoms with Crippen molar-refractivity contribution in [2.75, 3.05) is 25.0 Å². The Balaban J connectivity index is 3.05. The summed E-state index contributed by atoms with van der Waals surface area (Å²) >= 11 is 0. The first-order valence-electron chi connectivity index (χ1n) is 7.43. The third-order valence-electron chi connectivity index (χ3n) is 3.11. The van der Waals surface area contributed by atoms with E-state index in [-0.39, 0.29) is 0 Å². The third-order valence-corrected chi connectivity index (χ3v) is 3.11. The number of nitrogens with zero attached hydrogens (tertiary/aromatic N) is 1. The molecule has 0 saturated carbocycles. The Labute approximate surface area is 119 Å². The summed E-state index contributed by atoms with van der Waals surface area (Å²) in [5, 5.41) is 3.29. The lowest BCUT2D eigenvalue weighted by atomic mass is 10.0. The first-order valence-corrected chi connectivity index (χ1v) is 7.43. The van der Waals surface area contributed by atoms with Crippen LogP contribution < -0.4 is 10.2 Å². The average molecular weight is 262 g/mol. The van der Waals surface area contributed by atoms with Gasteiger partial charge >= 0.3 is 0 Å². The average Bonchev–Trinajstić information content (AvgIpc) is 2.27. The number of aryl methyl sites for hydroxylation is 1. The van der Waals surface area contributed by atoms with Crippen LogP contribution >= 0.6 is 0 Å². The molecule has 0 unspecified atom stereocenters. The predicted molar refractivity (Wildman–Crippen MR) is 85.8 cm³/mol. The first kappa shape index (κ1) is 16.0. The number of hydrogen-bond donors (Lipinski definition) is 1. The SMILES string of the molecule is CNCc1cc(C)ccc1N(CC(C)C)CC(C)C. The van der Waals surface area contributed by atoms with E-state index < -0.39 is 0 Å². The largest absolute Gasteiger partial charge is 0.371 e. The van der Waals surface area contributed by atoms with Crippen LogP contribution in [-0.4, -0.2) is 20.1 Å². The lowest BCUT2D eigenvalue weighted by molar-refractivity contribution is 0.551. The van der Waals surface area contributed by atoms with Gasteiger partial charge in [-0.2, -0.15) is 0 Å². The van der Waals surface area contributed by atoms with Gasteiger partial charge in [-0.25, -0.2) is 0 Å². The van der Waals surface area contributed by atoms with E-state index in [9.17, 15) is 0 Å². The topological polar surface area (TPSA) is 15.3 Å². The fraction of sp³-hybridized carbons (Fsp3) is 0.647. The van der Waals surface area contributed by atoms with E-state index in [0.29, 0.717) is 11.8 Å². The quantitative estimate of drug-likeness (QED) is 0.803. The molecule has 0 spiro atoms. The van der Waals surface area contributed by atoms with Crippen molar-refractivity contribution < 1.29 is 0 Å². The minimum Gasteiger partial charge on any atom is -0.371 e. The Morgan fingerprint density at radius 3 is 2.11 bits per heavy atom. The molecule has 0 amide bonds. The Kier molecular flexibility index (Phi) is 6.36. The minimum atomic E-state index is 0.683. The molecule has 1 aromatic rings. The Morgan fingerprint density at radius 2 is 1.63 bits per heavy atom. The summed E-state index contributed by atoms with van der Waals surface area (Å²) in [7, 11) is 2.02. The van der Waals surface area contributed by atoms with E-state index in [1.165, 1.54) is 16.8 Å². The zero-order valence-electron chi connectivity index (χ0n) is 13.5. The van der Waals surface area contributed by atoms with Crippen LogP contribution in [-0.2, 0) is 6.54 Å². The summed E-state index contributed by atoms with van der Waals surface area (Å²) in [5.41, 5.74) is 4.13. The van der Waals surface area contributed by atoms with Crippen molar-refractivity contribution in [1.29, 1.82) is 0 Å². The molecule has 1 aromatic carbocycles. The normalized spacial score (nSPS) is 11.4. The zero-order valence-corrected chi connectivity index (χ0v) is 13.5. The predicted octanol–water partition coefficient (Wildman–Crippen LogP) is 3.83. The molecule has 0 aromatic heterocycles. The van der Waals surface area contributed by atoms with E-state index in [1.54, 1.807) is 0 Å².